The molecule has 1 fully saturated rings. The molecule has 4 aliphatic rings. The summed E-state index contributed by atoms with van der Waals surface area (Å²) < 4.78 is 5.67. The first-order chi connectivity index (χ1) is 16.0. The highest BCUT2D eigenvalue weighted by Gasteiger charge is 2.55. The molecule has 1 amide bonds. The Morgan fingerprint density at radius 1 is 1.21 bits per heavy atom. The molecule has 0 radical (unpaired) electrons. The zero-order valence-corrected chi connectivity index (χ0v) is 18.9. The molecular formula is C26H27N5O2. The number of hydrogen-bond donors (Lipinski definition) is 2. The molecule has 5 heterocycles. The maximum Gasteiger partial charge on any atom is 0.250 e. The smallest absolute Gasteiger partial charge is 0.250 e. The fourth-order valence-electron chi connectivity index (χ4n) is 5.97. The molecule has 0 saturated carbocycles. The second kappa shape index (κ2) is 7.35. The number of rotatable bonds is 3. The first-order valence-electron chi connectivity index (χ1n) is 11.6. The van der Waals surface area contributed by atoms with Gasteiger partial charge >= 0.3 is 0 Å². The molecule has 0 aliphatic carbocycles. The van der Waals surface area contributed by atoms with Crippen molar-refractivity contribution in [2.45, 2.75) is 50.2 Å². The molecule has 6 rings (SSSR count). The first kappa shape index (κ1) is 20.3. The van der Waals surface area contributed by atoms with Crippen molar-refractivity contribution in [1.29, 1.82) is 0 Å². The van der Waals surface area contributed by atoms with Crippen LogP contribution in [0.2, 0.25) is 0 Å². The molecule has 2 N–H and O–H groups in total. The lowest BCUT2D eigenvalue weighted by Gasteiger charge is -2.48. The fraction of sp³-hybridized carbons (Fsp3) is 0.385. The Kier molecular flexibility index (Phi) is 4.52. The number of pyridine rings is 1. The molecule has 2 aromatic rings. The minimum Gasteiger partial charge on any atom is -0.379 e. The quantitative estimate of drug-likeness (QED) is 0.756. The molecule has 7 heteroatoms. The van der Waals surface area contributed by atoms with Gasteiger partial charge in [-0.25, -0.2) is 0 Å². The van der Waals surface area contributed by atoms with Crippen LogP contribution in [0.25, 0.3) is 11.1 Å². The zero-order valence-electron chi connectivity index (χ0n) is 18.9. The Morgan fingerprint density at radius 3 is 2.88 bits per heavy atom. The molecule has 33 heavy (non-hydrogen) atoms. The highest BCUT2D eigenvalue weighted by atomic mass is 16.5. The van der Waals surface area contributed by atoms with Crippen LogP contribution in [-0.2, 0) is 14.9 Å². The van der Waals surface area contributed by atoms with E-state index in [-0.39, 0.29) is 17.6 Å². The van der Waals surface area contributed by atoms with Crippen LogP contribution >= 0.6 is 0 Å². The van der Waals surface area contributed by atoms with E-state index in [2.05, 4.69) is 63.1 Å². The number of carbonyl (C=O) groups is 1. The van der Waals surface area contributed by atoms with E-state index in [1.165, 1.54) is 0 Å². The predicted molar refractivity (Wildman–Crippen MR) is 124 cm³/mol. The summed E-state index contributed by atoms with van der Waals surface area (Å²) in [7, 11) is 0. The molecule has 0 bridgehead atoms. The van der Waals surface area contributed by atoms with Crippen LogP contribution in [-0.4, -0.2) is 35.8 Å². The van der Waals surface area contributed by atoms with Gasteiger partial charge in [-0.2, -0.15) is 10.2 Å². The maximum atomic E-state index is 13.8. The van der Waals surface area contributed by atoms with Gasteiger partial charge in [-0.05, 0) is 54.7 Å². The van der Waals surface area contributed by atoms with Gasteiger partial charge in [0.05, 0.1) is 29.3 Å². The minimum atomic E-state index is -0.599. The first-order valence-corrected chi connectivity index (χ1v) is 11.6. The Hall–Kier alpha value is -3.32. The summed E-state index contributed by atoms with van der Waals surface area (Å²) in [5.41, 5.74) is 6.13. The molecule has 4 aliphatic heterocycles. The number of aromatic nitrogens is 1. The van der Waals surface area contributed by atoms with Crippen LogP contribution in [0.1, 0.15) is 37.4 Å². The minimum absolute atomic E-state index is 0.0208. The van der Waals surface area contributed by atoms with Gasteiger partial charge in [-0.15, -0.1) is 0 Å². The summed E-state index contributed by atoms with van der Waals surface area (Å²) in [4.78, 5) is 18.1. The molecule has 1 aromatic carbocycles. The number of fused-ring (bicyclic) bond motifs is 1. The third kappa shape index (κ3) is 2.99. The zero-order chi connectivity index (χ0) is 22.6. The summed E-state index contributed by atoms with van der Waals surface area (Å²) in [6, 6.07) is 12.6. The lowest BCUT2D eigenvalue weighted by Crippen LogP contribution is -2.60. The number of azo groups is 1. The molecule has 3 atom stereocenters. The number of carbonyl (C=O) groups excluding carboxylic acids is 1. The molecular weight excluding hydrogens is 414 g/mol. The van der Waals surface area contributed by atoms with Gasteiger partial charge in [0.25, 0.3) is 5.91 Å². The van der Waals surface area contributed by atoms with E-state index in [9.17, 15) is 4.79 Å². The van der Waals surface area contributed by atoms with Crippen LogP contribution in [0.4, 0.5) is 0 Å². The third-order valence-corrected chi connectivity index (χ3v) is 7.55. The van der Waals surface area contributed by atoms with Crippen molar-refractivity contribution in [3.8, 4) is 11.1 Å². The van der Waals surface area contributed by atoms with E-state index in [1.807, 2.05) is 25.4 Å². The lowest BCUT2D eigenvalue weighted by molar-refractivity contribution is -0.121. The molecule has 1 aromatic heterocycles. The van der Waals surface area contributed by atoms with Crippen molar-refractivity contribution < 1.29 is 9.53 Å². The molecule has 1 spiro atoms. The monoisotopic (exact) mass is 441 g/mol. The van der Waals surface area contributed by atoms with E-state index in [1.54, 1.807) is 0 Å². The van der Waals surface area contributed by atoms with Crippen molar-refractivity contribution in [1.82, 2.24) is 15.6 Å². The van der Waals surface area contributed by atoms with Crippen LogP contribution in [0.5, 0.6) is 0 Å². The summed E-state index contributed by atoms with van der Waals surface area (Å²) >= 11 is 0. The maximum absolute atomic E-state index is 13.8. The van der Waals surface area contributed by atoms with E-state index < -0.39 is 5.41 Å². The Labute approximate surface area is 193 Å². The van der Waals surface area contributed by atoms with E-state index in [0.717, 1.165) is 58.5 Å². The number of ether oxygens (including phenoxy) is 1. The summed E-state index contributed by atoms with van der Waals surface area (Å²) in [5, 5.41) is 15.6. The number of benzene rings is 1. The Bertz CT molecular complexity index is 1240. The van der Waals surface area contributed by atoms with E-state index in [4.69, 9.17) is 4.74 Å². The largest absolute Gasteiger partial charge is 0.379 e. The number of aryl methyl sites for hydroxylation is 1. The molecule has 1 saturated heterocycles. The molecule has 168 valence electrons. The average Bonchev–Trinajstić information content (AvgIpc) is 3.47. The fourth-order valence-corrected chi connectivity index (χ4v) is 5.97. The summed E-state index contributed by atoms with van der Waals surface area (Å²) in [6.45, 7) is 5.36. The summed E-state index contributed by atoms with van der Waals surface area (Å²) in [6.07, 6.45) is 5.70. The standard InChI is InChI=1S/C26H27N5O2/c1-3-26(19-6-4-5-17(12-19)18-7-9-27-16(2)11-18)20-14-28-31-23(20)29-21-13-25(8-10-33-15-25)30-24(32)22(21)26/h4-7,9,11-12,14,23,29H,3,8,10,13,15H2,1-2H3,(H,30,32)/t23?,25-,26+/m1/s1. The van der Waals surface area contributed by atoms with Gasteiger partial charge in [0.1, 0.15) is 0 Å². The molecule has 7 nitrogen and oxygen atoms in total. The van der Waals surface area contributed by atoms with Crippen molar-refractivity contribution in [3.05, 3.63) is 76.9 Å². The highest BCUT2D eigenvalue weighted by Crippen LogP contribution is 2.52. The van der Waals surface area contributed by atoms with E-state index >= 15 is 0 Å². The average molecular weight is 442 g/mol. The summed E-state index contributed by atoms with van der Waals surface area (Å²) in [5.74, 6) is -0.0208. The van der Waals surface area contributed by atoms with Gasteiger partial charge < -0.3 is 15.4 Å². The highest BCUT2D eigenvalue weighted by molar-refractivity contribution is 6.00. The number of nitrogens with zero attached hydrogens (tertiary/aromatic N) is 3. The number of hydrogen-bond acceptors (Lipinski definition) is 6. The van der Waals surface area contributed by atoms with Crippen molar-refractivity contribution in [2.24, 2.45) is 10.2 Å². The van der Waals surface area contributed by atoms with E-state index in [0.29, 0.717) is 13.2 Å². The van der Waals surface area contributed by atoms with Crippen molar-refractivity contribution in [2.75, 3.05) is 13.2 Å². The SMILES string of the molecule is CC[C@]1(c2cccc(-c3ccnc(C)c3)c2)C2=CN=NC2NC2=C1C(=O)N[C@]1(CCOC1)C2. The van der Waals surface area contributed by atoms with Crippen molar-refractivity contribution in [3.63, 3.8) is 0 Å². The van der Waals surface area contributed by atoms with Gasteiger partial charge in [-0.3, -0.25) is 9.78 Å². The second-order valence-corrected chi connectivity index (χ2v) is 9.46. The topological polar surface area (TPSA) is 88.0 Å². The van der Waals surface area contributed by atoms with Gasteiger partial charge in [0.2, 0.25) is 0 Å². The van der Waals surface area contributed by atoms with Gasteiger partial charge in [0.15, 0.2) is 6.17 Å². The lowest BCUT2D eigenvalue weighted by atomic mass is 9.61. The normalized spacial score (nSPS) is 30.1. The number of amides is 1. The van der Waals surface area contributed by atoms with Crippen LogP contribution in [0.3, 0.4) is 0 Å². The number of nitrogens with one attached hydrogen (secondary N) is 2. The second-order valence-electron chi connectivity index (χ2n) is 9.46. The van der Waals surface area contributed by atoms with Crippen LogP contribution in [0, 0.1) is 6.92 Å². The Balaban J connectivity index is 1.54. The molecule has 1 unspecified atom stereocenters. The van der Waals surface area contributed by atoms with Crippen molar-refractivity contribution >= 4 is 5.91 Å². The predicted octanol–water partition coefficient (Wildman–Crippen LogP) is 3.92. The van der Waals surface area contributed by atoms with Gasteiger partial charge in [0, 0.05) is 36.2 Å². The van der Waals surface area contributed by atoms with Crippen LogP contribution < -0.4 is 10.6 Å². The van der Waals surface area contributed by atoms with Gasteiger partial charge in [-0.1, -0.05) is 25.1 Å². The Morgan fingerprint density at radius 2 is 2.09 bits per heavy atom. The third-order valence-electron chi connectivity index (χ3n) is 7.55. The van der Waals surface area contributed by atoms with Crippen LogP contribution in [0.15, 0.2) is 75.9 Å².